The van der Waals surface area contributed by atoms with Gasteiger partial charge in [-0.2, -0.15) is 0 Å². The molecule has 5 nitrogen and oxygen atoms in total. The molecule has 0 rings (SSSR count). The van der Waals surface area contributed by atoms with Crippen LogP contribution in [0.1, 0.15) is 32.6 Å². The molecule has 17 heavy (non-hydrogen) atoms. The molecule has 0 spiro atoms. The fourth-order valence-electron chi connectivity index (χ4n) is 1.32. The molecule has 5 heteroatoms. The molecule has 0 aromatic heterocycles. The maximum absolute atomic E-state index is 11.7. The van der Waals surface area contributed by atoms with E-state index in [1.807, 2.05) is 6.92 Å². The van der Waals surface area contributed by atoms with E-state index in [2.05, 4.69) is 4.74 Å². The number of hydrogen-bond acceptors (Lipinski definition) is 4. The van der Waals surface area contributed by atoms with Gasteiger partial charge in [0.15, 0.2) is 0 Å². The first kappa shape index (κ1) is 15.9. The minimum Gasteiger partial charge on any atom is -0.469 e. The van der Waals surface area contributed by atoms with Crippen LogP contribution in [0.2, 0.25) is 0 Å². The lowest BCUT2D eigenvalue weighted by molar-refractivity contribution is -0.141. The molecule has 0 fully saturated rings. The molecule has 1 unspecified atom stereocenters. The Hall–Kier alpha value is -1.10. The summed E-state index contributed by atoms with van der Waals surface area (Å²) < 4.78 is 9.60. The predicted molar refractivity (Wildman–Crippen MR) is 64.6 cm³/mol. The van der Waals surface area contributed by atoms with Gasteiger partial charge in [-0.25, -0.2) is 0 Å². The van der Waals surface area contributed by atoms with E-state index >= 15 is 0 Å². The molecule has 0 aliphatic rings. The Morgan fingerprint density at radius 1 is 1.24 bits per heavy atom. The number of esters is 1. The van der Waals surface area contributed by atoms with Crippen LogP contribution >= 0.6 is 0 Å². The molecule has 0 radical (unpaired) electrons. The number of ether oxygens (including phenoxy) is 2. The van der Waals surface area contributed by atoms with Gasteiger partial charge in [-0.3, -0.25) is 9.59 Å². The van der Waals surface area contributed by atoms with E-state index in [1.54, 1.807) is 19.1 Å². The molecule has 1 amide bonds. The van der Waals surface area contributed by atoms with Gasteiger partial charge in [-0.05, 0) is 19.8 Å². The van der Waals surface area contributed by atoms with E-state index in [0.29, 0.717) is 25.8 Å². The van der Waals surface area contributed by atoms with Crippen LogP contribution in [0.4, 0.5) is 0 Å². The first-order valence-electron chi connectivity index (χ1n) is 5.84. The molecule has 0 aliphatic carbocycles. The molecule has 0 bridgehead atoms. The number of amides is 1. The quantitative estimate of drug-likeness (QED) is 0.603. The number of nitrogens with zero attached hydrogens (tertiary/aromatic N) is 1. The first-order chi connectivity index (χ1) is 8.01. The minimum atomic E-state index is -0.237. The lowest BCUT2D eigenvalue weighted by Gasteiger charge is -2.17. The van der Waals surface area contributed by atoms with Crippen LogP contribution in [0, 0.1) is 0 Å². The maximum Gasteiger partial charge on any atom is 0.305 e. The SMILES string of the molecule is COC(=O)CCCN(C)C(=O)CCC(C)OC. The highest BCUT2D eigenvalue weighted by Gasteiger charge is 2.11. The second kappa shape index (κ2) is 8.98. The average Bonchev–Trinajstić information content (AvgIpc) is 2.34. The van der Waals surface area contributed by atoms with Gasteiger partial charge in [0.2, 0.25) is 5.91 Å². The summed E-state index contributed by atoms with van der Waals surface area (Å²) in [6, 6.07) is 0. The monoisotopic (exact) mass is 245 g/mol. The lowest BCUT2D eigenvalue weighted by Crippen LogP contribution is -2.28. The van der Waals surface area contributed by atoms with E-state index in [-0.39, 0.29) is 18.0 Å². The Bertz CT molecular complexity index is 243. The molecular formula is C12H23NO4. The van der Waals surface area contributed by atoms with Crippen molar-refractivity contribution in [1.82, 2.24) is 4.90 Å². The third-order valence-corrected chi connectivity index (χ3v) is 2.69. The normalized spacial score (nSPS) is 12.0. The van der Waals surface area contributed by atoms with E-state index in [4.69, 9.17) is 4.74 Å². The van der Waals surface area contributed by atoms with Crippen LogP contribution in [0.5, 0.6) is 0 Å². The Morgan fingerprint density at radius 2 is 1.88 bits per heavy atom. The van der Waals surface area contributed by atoms with E-state index < -0.39 is 0 Å². The topological polar surface area (TPSA) is 55.8 Å². The van der Waals surface area contributed by atoms with Crippen LogP contribution in [0.3, 0.4) is 0 Å². The maximum atomic E-state index is 11.7. The van der Waals surface area contributed by atoms with Crippen LogP contribution in [-0.2, 0) is 19.1 Å². The number of carbonyl (C=O) groups excluding carboxylic acids is 2. The largest absolute Gasteiger partial charge is 0.469 e. The lowest BCUT2D eigenvalue weighted by atomic mass is 10.2. The van der Waals surface area contributed by atoms with Crippen molar-refractivity contribution in [2.24, 2.45) is 0 Å². The molecule has 0 saturated heterocycles. The van der Waals surface area contributed by atoms with Crippen LogP contribution in [0.15, 0.2) is 0 Å². The third kappa shape index (κ3) is 7.74. The molecule has 0 heterocycles. The molecule has 1 atom stereocenters. The van der Waals surface area contributed by atoms with Gasteiger partial charge in [-0.15, -0.1) is 0 Å². The number of carbonyl (C=O) groups is 2. The zero-order valence-electron chi connectivity index (χ0n) is 11.2. The molecule has 100 valence electrons. The van der Waals surface area contributed by atoms with Crippen molar-refractivity contribution in [2.45, 2.75) is 38.7 Å². The fraction of sp³-hybridized carbons (Fsp3) is 0.833. The van der Waals surface area contributed by atoms with E-state index in [9.17, 15) is 9.59 Å². The van der Waals surface area contributed by atoms with Crippen molar-refractivity contribution in [2.75, 3.05) is 27.8 Å². The van der Waals surface area contributed by atoms with Gasteiger partial charge in [0.1, 0.15) is 0 Å². The Morgan fingerprint density at radius 3 is 2.41 bits per heavy atom. The summed E-state index contributed by atoms with van der Waals surface area (Å²) in [5.41, 5.74) is 0. The third-order valence-electron chi connectivity index (χ3n) is 2.69. The highest BCUT2D eigenvalue weighted by molar-refractivity contribution is 5.76. The predicted octanol–water partition coefficient (Wildman–Crippen LogP) is 1.21. The van der Waals surface area contributed by atoms with Crippen LogP contribution in [0.25, 0.3) is 0 Å². The summed E-state index contributed by atoms with van der Waals surface area (Å²) in [7, 11) is 4.75. The highest BCUT2D eigenvalue weighted by atomic mass is 16.5. The van der Waals surface area contributed by atoms with Crippen LogP contribution < -0.4 is 0 Å². The zero-order chi connectivity index (χ0) is 13.3. The molecule has 0 aromatic rings. The Labute approximate surface area is 103 Å². The van der Waals surface area contributed by atoms with Gasteiger partial charge in [-0.1, -0.05) is 0 Å². The van der Waals surface area contributed by atoms with Crippen molar-refractivity contribution in [1.29, 1.82) is 0 Å². The molecular weight excluding hydrogens is 222 g/mol. The number of hydrogen-bond donors (Lipinski definition) is 0. The molecule has 0 saturated carbocycles. The summed E-state index contributed by atoms with van der Waals surface area (Å²) >= 11 is 0. The van der Waals surface area contributed by atoms with Crippen LogP contribution in [-0.4, -0.2) is 50.7 Å². The molecule has 0 aromatic carbocycles. The van der Waals surface area contributed by atoms with E-state index in [1.165, 1.54) is 7.11 Å². The first-order valence-corrected chi connectivity index (χ1v) is 5.84. The molecule has 0 aliphatic heterocycles. The Balaban J connectivity index is 3.71. The van der Waals surface area contributed by atoms with Gasteiger partial charge < -0.3 is 14.4 Å². The second-order valence-electron chi connectivity index (χ2n) is 4.08. The Kier molecular flexibility index (Phi) is 8.40. The van der Waals surface area contributed by atoms with Crippen molar-refractivity contribution >= 4 is 11.9 Å². The minimum absolute atomic E-state index is 0.0822. The summed E-state index contributed by atoms with van der Waals surface area (Å²) in [5, 5.41) is 0. The summed E-state index contributed by atoms with van der Waals surface area (Å²) in [4.78, 5) is 24.2. The van der Waals surface area contributed by atoms with Gasteiger partial charge in [0.25, 0.3) is 0 Å². The van der Waals surface area contributed by atoms with Crippen molar-refractivity contribution in [3.63, 3.8) is 0 Å². The van der Waals surface area contributed by atoms with Gasteiger partial charge in [0.05, 0.1) is 13.2 Å². The van der Waals surface area contributed by atoms with Gasteiger partial charge >= 0.3 is 5.97 Å². The van der Waals surface area contributed by atoms with Crippen molar-refractivity contribution in [3.05, 3.63) is 0 Å². The zero-order valence-corrected chi connectivity index (χ0v) is 11.2. The number of methoxy groups -OCH3 is 2. The van der Waals surface area contributed by atoms with E-state index in [0.717, 1.165) is 6.42 Å². The smallest absolute Gasteiger partial charge is 0.305 e. The van der Waals surface area contributed by atoms with Crippen molar-refractivity contribution < 1.29 is 19.1 Å². The highest BCUT2D eigenvalue weighted by Crippen LogP contribution is 2.04. The fourth-order valence-corrected chi connectivity index (χ4v) is 1.32. The summed E-state index contributed by atoms with van der Waals surface area (Å²) in [5.74, 6) is -0.155. The van der Waals surface area contributed by atoms with Gasteiger partial charge in [0, 0.05) is 33.5 Å². The molecule has 0 N–H and O–H groups in total. The summed E-state index contributed by atoms with van der Waals surface area (Å²) in [6.45, 7) is 2.51. The average molecular weight is 245 g/mol. The number of rotatable bonds is 8. The second-order valence-corrected chi connectivity index (χ2v) is 4.08. The summed E-state index contributed by atoms with van der Waals surface area (Å²) in [6.07, 6.45) is 2.28. The standard InChI is InChI=1S/C12H23NO4/c1-10(16-3)7-8-11(14)13(2)9-5-6-12(15)17-4/h10H,5-9H2,1-4H3. The van der Waals surface area contributed by atoms with Crippen molar-refractivity contribution in [3.8, 4) is 0 Å².